The van der Waals surface area contributed by atoms with E-state index in [4.69, 9.17) is 4.74 Å². The summed E-state index contributed by atoms with van der Waals surface area (Å²) in [5, 5.41) is 12.3. The van der Waals surface area contributed by atoms with Crippen molar-refractivity contribution in [3.63, 3.8) is 0 Å². The number of carbonyl (C=O) groups is 2. The molecule has 1 aliphatic rings. The standard InChI is InChI=1S/C15H20N2O4/c1-3-16-14(19)12-9-21-7-6-17(12)15(20)11-4-5-13(18)10(2)8-11/h4-5,8,12,18H,3,6-7,9H2,1-2H3,(H,16,19). The molecule has 2 amide bonds. The van der Waals surface area contributed by atoms with Crippen molar-refractivity contribution in [3.05, 3.63) is 29.3 Å². The van der Waals surface area contributed by atoms with E-state index in [2.05, 4.69) is 5.32 Å². The Morgan fingerprint density at radius 3 is 2.90 bits per heavy atom. The van der Waals surface area contributed by atoms with Gasteiger partial charge in [-0.15, -0.1) is 0 Å². The number of benzene rings is 1. The van der Waals surface area contributed by atoms with Gasteiger partial charge in [-0.3, -0.25) is 9.59 Å². The van der Waals surface area contributed by atoms with E-state index < -0.39 is 6.04 Å². The average Bonchev–Trinajstić information content (AvgIpc) is 2.49. The summed E-state index contributed by atoms with van der Waals surface area (Å²) in [6.45, 7) is 5.06. The normalized spacial score (nSPS) is 18.4. The van der Waals surface area contributed by atoms with E-state index in [9.17, 15) is 14.7 Å². The van der Waals surface area contributed by atoms with Crippen molar-refractivity contribution in [1.82, 2.24) is 10.2 Å². The molecule has 21 heavy (non-hydrogen) atoms. The summed E-state index contributed by atoms with van der Waals surface area (Å²) in [7, 11) is 0. The highest BCUT2D eigenvalue weighted by Crippen LogP contribution is 2.19. The topological polar surface area (TPSA) is 78.9 Å². The first-order valence-electron chi connectivity index (χ1n) is 7.00. The van der Waals surface area contributed by atoms with Crippen LogP contribution in [0.5, 0.6) is 5.75 Å². The second kappa shape index (κ2) is 6.58. The van der Waals surface area contributed by atoms with Crippen LogP contribution >= 0.6 is 0 Å². The van der Waals surface area contributed by atoms with Crippen molar-refractivity contribution in [2.75, 3.05) is 26.3 Å². The molecular formula is C15H20N2O4. The minimum absolute atomic E-state index is 0.147. The maximum Gasteiger partial charge on any atom is 0.254 e. The fourth-order valence-electron chi connectivity index (χ4n) is 2.31. The molecular weight excluding hydrogens is 272 g/mol. The van der Waals surface area contributed by atoms with Crippen molar-refractivity contribution in [2.24, 2.45) is 0 Å². The maximum atomic E-state index is 12.6. The summed E-state index contributed by atoms with van der Waals surface area (Å²) >= 11 is 0. The largest absolute Gasteiger partial charge is 0.508 e. The Morgan fingerprint density at radius 1 is 1.48 bits per heavy atom. The number of ether oxygens (including phenoxy) is 1. The highest BCUT2D eigenvalue weighted by Gasteiger charge is 2.33. The Morgan fingerprint density at radius 2 is 2.24 bits per heavy atom. The van der Waals surface area contributed by atoms with Crippen LogP contribution in [0.3, 0.4) is 0 Å². The summed E-state index contributed by atoms with van der Waals surface area (Å²) in [5.41, 5.74) is 1.09. The van der Waals surface area contributed by atoms with Gasteiger partial charge in [0.15, 0.2) is 0 Å². The van der Waals surface area contributed by atoms with Crippen molar-refractivity contribution in [1.29, 1.82) is 0 Å². The van der Waals surface area contributed by atoms with Crippen LogP contribution in [0, 0.1) is 6.92 Å². The molecule has 2 rings (SSSR count). The Bertz CT molecular complexity index is 544. The number of phenols is 1. The zero-order chi connectivity index (χ0) is 15.4. The molecule has 0 bridgehead atoms. The molecule has 1 fully saturated rings. The first-order chi connectivity index (χ1) is 10.0. The molecule has 0 radical (unpaired) electrons. The van der Waals surface area contributed by atoms with Gasteiger partial charge >= 0.3 is 0 Å². The lowest BCUT2D eigenvalue weighted by Crippen LogP contribution is -2.55. The van der Waals surface area contributed by atoms with Crippen LogP contribution in [0.1, 0.15) is 22.8 Å². The molecule has 1 saturated heterocycles. The van der Waals surface area contributed by atoms with Gasteiger partial charge in [-0.05, 0) is 37.6 Å². The van der Waals surface area contributed by atoms with Gasteiger partial charge in [-0.25, -0.2) is 0 Å². The molecule has 1 heterocycles. The highest BCUT2D eigenvalue weighted by atomic mass is 16.5. The van der Waals surface area contributed by atoms with Crippen LogP contribution in [0.2, 0.25) is 0 Å². The monoisotopic (exact) mass is 292 g/mol. The highest BCUT2D eigenvalue weighted by molar-refractivity contribution is 5.98. The molecule has 1 unspecified atom stereocenters. The van der Waals surface area contributed by atoms with Crippen LogP contribution < -0.4 is 5.32 Å². The number of nitrogens with one attached hydrogen (secondary N) is 1. The number of nitrogens with zero attached hydrogens (tertiary/aromatic N) is 1. The fraction of sp³-hybridized carbons (Fsp3) is 0.467. The molecule has 114 valence electrons. The van der Waals surface area contributed by atoms with Gasteiger partial charge in [0.2, 0.25) is 5.91 Å². The summed E-state index contributed by atoms with van der Waals surface area (Å²) in [6.07, 6.45) is 0. The number of rotatable bonds is 3. The lowest BCUT2D eigenvalue weighted by atomic mass is 10.1. The first-order valence-corrected chi connectivity index (χ1v) is 7.00. The number of phenolic OH excluding ortho intramolecular Hbond substituents is 1. The van der Waals surface area contributed by atoms with Crippen molar-refractivity contribution < 1.29 is 19.4 Å². The van der Waals surface area contributed by atoms with Gasteiger partial charge in [-0.2, -0.15) is 0 Å². The summed E-state index contributed by atoms with van der Waals surface area (Å²) in [6, 6.07) is 4.07. The lowest BCUT2D eigenvalue weighted by Gasteiger charge is -2.34. The Labute approximate surface area is 123 Å². The van der Waals surface area contributed by atoms with E-state index in [-0.39, 0.29) is 24.2 Å². The van der Waals surface area contributed by atoms with E-state index in [1.165, 1.54) is 11.0 Å². The second-order valence-corrected chi connectivity index (χ2v) is 4.99. The number of aryl methyl sites for hydroxylation is 1. The minimum Gasteiger partial charge on any atom is -0.508 e. The SMILES string of the molecule is CCNC(=O)C1COCCN1C(=O)c1ccc(O)c(C)c1. The molecule has 0 spiro atoms. The number of likely N-dealkylation sites (N-methyl/N-ethyl adjacent to an activating group) is 1. The maximum absolute atomic E-state index is 12.6. The van der Waals surface area contributed by atoms with Crippen LogP contribution in [0.25, 0.3) is 0 Å². The van der Waals surface area contributed by atoms with E-state index in [0.29, 0.717) is 30.8 Å². The predicted octanol–water partition coefficient (Wildman–Crippen LogP) is 0.678. The zero-order valence-corrected chi connectivity index (χ0v) is 12.3. The Balaban J connectivity index is 2.21. The van der Waals surface area contributed by atoms with Crippen molar-refractivity contribution >= 4 is 11.8 Å². The Kier molecular flexibility index (Phi) is 4.80. The molecule has 0 saturated carbocycles. The van der Waals surface area contributed by atoms with Gasteiger partial charge in [-0.1, -0.05) is 0 Å². The van der Waals surface area contributed by atoms with Crippen LogP contribution in [-0.4, -0.2) is 54.2 Å². The Hall–Kier alpha value is -2.08. The van der Waals surface area contributed by atoms with Gasteiger partial charge < -0.3 is 20.1 Å². The quantitative estimate of drug-likeness (QED) is 0.858. The number of carbonyl (C=O) groups excluding carboxylic acids is 2. The van der Waals surface area contributed by atoms with Crippen LogP contribution in [0.4, 0.5) is 0 Å². The molecule has 2 N–H and O–H groups in total. The molecule has 1 aliphatic heterocycles. The molecule has 0 aliphatic carbocycles. The number of hydrogen-bond acceptors (Lipinski definition) is 4. The molecule has 1 atom stereocenters. The number of hydrogen-bond donors (Lipinski definition) is 2. The van der Waals surface area contributed by atoms with E-state index in [0.717, 1.165) is 0 Å². The minimum atomic E-state index is -0.611. The van der Waals surface area contributed by atoms with Gasteiger partial charge in [0, 0.05) is 18.7 Å². The fourth-order valence-corrected chi connectivity index (χ4v) is 2.31. The molecule has 1 aromatic rings. The third-order valence-electron chi connectivity index (χ3n) is 3.49. The van der Waals surface area contributed by atoms with E-state index in [1.54, 1.807) is 19.1 Å². The summed E-state index contributed by atoms with van der Waals surface area (Å²) < 4.78 is 5.31. The lowest BCUT2D eigenvalue weighted by molar-refractivity contribution is -0.130. The van der Waals surface area contributed by atoms with Crippen molar-refractivity contribution in [3.8, 4) is 5.75 Å². The van der Waals surface area contributed by atoms with Gasteiger partial charge in [0.25, 0.3) is 5.91 Å². The zero-order valence-electron chi connectivity index (χ0n) is 12.3. The smallest absolute Gasteiger partial charge is 0.254 e. The van der Waals surface area contributed by atoms with Crippen LogP contribution in [-0.2, 0) is 9.53 Å². The van der Waals surface area contributed by atoms with Gasteiger partial charge in [0.05, 0.1) is 13.2 Å². The second-order valence-electron chi connectivity index (χ2n) is 4.99. The third-order valence-corrected chi connectivity index (χ3v) is 3.49. The number of amides is 2. The average molecular weight is 292 g/mol. The van der Waals surface area contributed by atoms with Crippen LogP contribution in [0.15, 0.2) is 18.2 Å². The molecule has 0 aromatic heterocycles. The third kappa shape index (κ3) is 3.33. The summed E-state index contributed by atoms with van der Waals surface area (Å²) in [4.78, 5) is 26.2. The van der Waals surface area contributed by atoms with Crippen molar-refractivity contribution in [2.45, 2.75) is 19.9 Å². The first kappa shape index (κ1) is 15.3. The predicted molar refractivity (Wildman–Crippen MR) is 77.2 cm³/mol. The molecule has 6 heteroatoms. The van der Waals surface area contributed by atoms with E-state index >= 15 is 0 Å². The number of aromatic hydroxyl groups is 1. The molecule has 1 aromatic carbocycles. The number of morpholine rings is 1. The van der Waals surface area contributed by atoms with Gasteiger partial charge in [0.1, 0.15) is 11.8 Å². The molecule has 6 nitrogen and oxygen atoms in total. The summed E-state index contributed by atoms with van der Waals surface area (Å²) in [5.74, 6) is -0.285. The van der Waals surface area contributed by atoms with E-state index in [1.807, 2.05) is 6.92 Å².